The molecule has 3 rings (SSSR count). The third-order valence-corrected chi connectivity index (χ3v) is 3.59. The quantitative estimate of drug-likeness (QED) is 0.774. The molecule has 3 aromatic rings. The Labute approximate surface area is 122 Å². The fraction of sp³-hybridized carbons (Fsp3) is 0.176. The first-order valence-electron chi connectivity index (χ1n) is 6.84. The van der Waals surface area contributed by atoms with Crippen molar-refractivity contribution in [1.82, 2.24) is 9.88 Å². The number of benzene rings is 2. The van der Waals surface area contributed by atoms with Crippen molar-refractivity contribution >= 4 is 10.9 Å². The lowest BCUT2D eigenvalue weighted by atomic mass is 10.2. The van der Waals surface area contributed by atoms with Crippen LogP contribution in [0.15, 0.2) is 48.5 Å². The Morgan fingerprint density at radius 3 is 2.67 bits per heavy atom. The van der Waals surface area contributed by atoms with Gasteiger partial charge in [0, 0.05) is 23.3 Å². The molecular formula is C17H16F2N2. The summed E-state index contributed by atoms with van der Waals surface area (Å²) in [7, 11) is 1.87. The minimum atomic E-state index is -0.418. The predicted octanol–water partition coefficient (Wildman–Crippen LogP) is 3.69. The first kappa shape index (κ1) is 13.8. The van der Waals surface area contributed by atoms with Crippen LogP contribution in [0, 0.1) is 11.6 Å². The van der Waals surface area contributed by atoms with Crippen molar-refractivity contribution in [3.63, 3.8) is 0 Å². The molecule has 1 aromatic heterocycles. The maximum Gasteiger partial charge on any atom is 0.128 e. The lowest BCUT2D eigenvalue weighted by Gasteiger charge is -2.11. The van der Waals surface area contributed by atoms with E-state index in [4.69, 9.17) is 0 Å². The molecule has 0 radical (unpaired) electrons. The third kappa shape index (κ3) is 2.67. The molecule has 0 bridgehead atoms. The number of nitrogens with one attached hydrogen (secondary N) is 1. The molecule has 0 atom stereocenters. The first-order chi connectivity index (χ1) is 10.2. The summed E-state index contributed by atoms with van der Waals surface area (Å²) in [5.41, 5.74) is 2.42. The third-order valence-electron chi connectivity index (χ3n) is 3.59. The molecule has 1 N–H and O–H groups in total. The molecule has 0 saturated heterocycles. The minimum Gasteiger partial charge on any atom is -0.339 e. The molecule has 4 heteroatoms. The number of halogens is 2. The highest BCUT2D eigenvalue weighted by molar-refractivity contribution is 5.81. The van der Waals surface area contributed by atoms with E-state index in [-0.39, 0.29) is 5.82 Å². The van der Waals surface area contributed by atoms with Gasteiger partial charge in [-0.3, -0.25) is 0 Å². The normalized spacial score (nSPS) is 11.2. The number of nitrogens with zero attached hydrogens (tertiary/aromatic N) is 1. The van der Waals surface area contributed by atoms with Gasteiger partial charge in [-0.05, 0) is 42.8 Å². The summed E-state index contributed by atoms with van der Waals surface area (Å²) in [5, 5.41) is 4.21. The van der Waals surface area contributed by atoms with E-state index in [0.29, 0.717) is 18.7 Å². The first-order valence-corrected chi connectivity index (χ1v) is 6.84. The van der Waals surface area contributed by atoms with Gasteiger partial charge in [0.1, 0.15) is 11.6 Å². The number of hydrogen-bond acceptors (Lipinski definition) is 1. The second-order valence-corrected chi connectivity index (χ2v) is 5.05. The van der Waals surface area contributed by atoms with Gasteiger partial charge in [-0.15, -0.1) is 0 Å². The fourth-order valence-electron chi connectivity index (χ4n) is 2.62. The van der Waals surface area contributed by atoms with Crippen molar-refractivity contribution < 1.29 is 8.78 Å². The van der Waals surface area contributed by atoms with Gasteiger partial charge in [-0.2, -0.15) is 0 Å². The smallest absolute Gasteiger partial charge is 0.128 e. The average molecular weight is 286 g/mol. The molecule has 2 aromatic carbocycles. The SMILES string of the molecule is CNCc1cc2ccccc2n1Cc1cc(F)ccc1F. The van der Waals surface area contributed by atoms with Crippen molar-refractivity contribution in [2.75, 3.05) is 7.05 Å². The number of fused-ring (bicyclic) bond motifs is 1. The number of rotatable bonds is 4. The molecule has 0 fully saturated rings. The maximum absolute atomic E-state index is 13.9. The zero-order valence-corrected chi connectivity index (χ0v) is 11.7. The molecule has 108 valence electrons. The van der Waals surface area contributed by atoms with Crippen molar-refractivity contribution in [3.05, 3.63) is 71.4 Å². The van der Waals surface area contributed by atoms with E-state index >= 15 is 0 Å². The molecule has 1 heterocycles. The van der Waals surface area contributed by atoms with Gasteiger partial charge >= 0.3 is 0 Å². The largest absolute Gasteiger partial charge is 0.339 e. The highest BCUT2D eigenvalue weighted by Crippen LogP contribution is 2.22. The Bertz CT molecular complexity index is 778. The van der Waals surface area contributed by atoms with Gasteiger partial charge in [0.2, 0.25) is 0 Å². The zero-order valence-electron chi connectivity index (χ0n) is 11.7. The van der Waals surface area contributed by atoms with Crippen LogP contribution >= 0.6 is 0 Å². The molecule has 2 nitrogen and oxygen atoms in total. The van der Waals surface area contributed by atoms with E-state index in [1.807, 2.05) is 35.9 Å². The summed E-state index contributed by atoms with van der Waals surface area (Å²) in [5.74, 6) is -0.803. The summed E-state index contributed by atoms with van der Waals surface area (Å²) >= 11 is 0. The summed E-state index contributed by atoms with van der Waals surface area (Å²) in [6.45, 7) is 0.986. The van der Waals surface area contributed by atoms with Crippen LogP contribution in [0.2, 0.25) is 0 Å². The monoisotopic (exact) mass is 286 g/mol. The Hall–Kier alpha value is -2.20. The van der Waals surface area contributed by atoms with Crippen molar-refractivity contribution in [1.29, 1.82) is 0 Å². The van der Waals surface area contributed by atoms with Gasteiger partial charge < -0.3 is 9.88 Å². The number of hydrogen-bond donors (Lipinski definition) is 1. The summed E-state index contributed by atoms with van der Waals surface area (Å²) in [6, 6.07) is 13.6. The molecule has 0 spiro atoms. The zero-order chi connectivity index (χ0) is 14.8. The van der Waals surface area contributed by atoms with Gasteiger partial charge in [-0.25, -0.2) is 8.78 Å². The van der Waals surface area contributed by atoms with Gasteiger partial charge in [0.15, 0.2) is 0 Å². The average Bonchev–Trinajstić information content (AvgIpc) is 2.81. The number of aromatic nitrogens is 1. The Balaban J connectivity index is 2.10. The molecule has 0 aliphatic rings. The van der Waals surface area contributed by atoms with Crippen LogP contribution in [0.25, 0.3) is 10.9 Å². The lowest BCUT2D eigenvalue weighted by Crippen LogP contribution is -2.12. The molecule has 0 amide bonds. The van der Waals surface area contributed by atoms with Gasteiger partial charge in [0.25, 0.3) is 0 Å². The van der Waals surface area contributed by atoms with Gasteiger partial charge in [0.05, 0.1) is 6.54 Å². The molecule has 0 unspecified atom stereocenters. The van der Waals surface area contributed by atoms with Crippen LogP contribution in [-0.4, -0.2) is 11.6 Å². The molecule has 0 saturated carbocycles. The van der Waals surface area contributed by atoms with Gasteiger partial charge in [-0.1, -0.05) is 18.2 Å². The lowest BCUT2D eigenvalue weighted by molar-refractivity contribution is 0.575. The second kappa shape index (κ2) is 5.66. The standard InChI is InChI=1S/C17H16F2N2/c1-20-10-15-9-12-4-2-3-5-17(12)21(15)11-13-8-14(18)6-7-16(13)19/h2-9,20H,10-11H2,1H3. The van der Waals surface area contributed by atoms with Crippen molar-refractivity contribution in [2.24, 2.45) is 0 Å². The number of para-hydroxylation sites is 1. The highest BCUT2D eigenvalue weighted by atomic mass is 19.1. The topological polar surface area (TPSA) is 17.0 Å². The molecule has 21 heavy (non-hydrogen) atoms. The minimum absolute atomic E-state index is 0.314. The Morgan fingerprint density at radius 2 is 1.86 bits per heavy atom. The van der Waals surface area contributed by atoms with Crippen LogP contribution in [0.1, 0.15) is 11.3 Å². The van der Waals surface area contributed by atoms with E-state index < -0.39 is 5.82 Å². The Morgan fingerprint density at radius 1 is 1.05 bits per heavy atom. The van der Waals surface area contributed by atoms with E-state index in [1.54, 1.807) is 0 Å². The molecule has 0 aliphatic carbocycles. The maximum atomic E-state index is 13.9. The molecular weight excluding hydrogens is 270 g/mol. The highest BCUT2D eigenvalue weighted by Gasteiger charge is 2.11. The fourth-order valence-corrected chi connectivity index (χ4v) is 2.62. The van der Waals surface area contributed by atoms with Crippen LogP contribution in [-0.2, 0) is 13.1 Å². The molecule has 0 aliphatic heterocycles. The van der Waals surface area contributed by atoms with Crippen molar-refractivity contribution in [2.45, 2.75) is 13.1 Å². The predicted molar refractivity (Wildman–Crippen MR) is 80.2 cm³/mol. The van der Waals surface area contributed by atoms with Crippen LogP contribution in [0.3, 0.4) is 0 Å². The van der Waals surface area contributed by atoms with E-state index in [1.165, 1.54) is 12.1 Å². The van der Waals surface area contributed by atoms with E-state index in [2.05, 4.69) is 11.4 Å². The van der Waals surface area contributed by atoms with Crippen LogP contribution < -0.4 is 5.32 Å². The van der Waals surface area contributed by atoms with E-state index in [9.17, 15) is 8.78 Å². The summed E-state index contributed by atoms with van der Waals surface area (Å²) in [4.78, 5) is 0. The van der Waals surface area contributed by atoms with Crippen LogP contribution in [0.4, 0.5) is 8.78 Å². The van der Waals surface area contributed by atoms with Crippen LogP contribution in [0.5, 0.6) is 0 Å². The second-order valence-electron chi connectivity index (χ2n) is 5.05. The summed E-state index contributed by atoms with van der Waals surface area (Å²) in [6.07, 6.45) is 0. The van der Waals surface area contributed by atoms with E-state index in [0.717, 1.165) is 22.7 Å². The Kier molecular flexibility index (Phi) is 3.71. The van der Waals surface area contributed by atoms with Crippen molar-refractivity contribution in [3.8, 4) is 0 Å². The summed E-state index contributed by atoms with van der Waals surface area (Å²) < 4.78 is 29.3.